The summed E-state index contributed by atoms with van der Waals surface area (Å²) in [7, 11) is 0. The molecule has 0 heterocycles. The van der Waals surface area contributed by atoms with Crippen LogP contribution in [-0.2, 0) is 4.79 Å². The third kappa shape index (κ3) is 4.86. The largest absolute Gasteiger partial charge is 0.481 e. The van der Waals surface area contributed by atoms with Crippen molar-refractivity contribution in [1.82, 2.24) is 0 Å². The summed E-state index contributed by atoms with van der Waals surface area (Å²) in [5.74, 6) is 1.97. The summed E-state index contributed by atoms with van der Waals surface area (Å²) in [6.07, 6.45) is 10.3. The van der Waals surface area contributed by atoms with Crippen LogP contribution in [0.4, 0.5) is 0 Å². The van der Waals surface area contributed by atoms with Gasteiger partial charge in [-0.3, -0.25) is 4.79 Å². The Kier molecular flexibility index (Phi) is 7.84. The number of aliphatic hydroxyl groups is 2. The molecule has 3 fully saturated rings. The Labute approximate surface area is 190 Å². The van der Waals surface area contributed by atoms with Crippen LogP contribution in [0.25, 0.3) is 0 Å². The molecule has 0 aliphatic heterocycles. The van der Waals surface area contributed by atoms with Crippen LogP contribution in [0.3, 0.4) is 0 Å². The highest BCUT2D eigenvalue weighted by molar-refractivity contribution is 5.66. The molecule has 8 atom stereocenters. The average Bonchev–Trinajstić information content (AvgIpc) is 3.09. The molecule has 0 aromatic rings. The molecule has 0 aromatic carbocycles. The van der Waals surface area contributed by atoms with Gasteiger partial charge in [0.2, 0.25) is 0 Å². The molecule has 0 bridgehead atoms. The van der Waals surface area contributed by atoms with Crippen molar-refractivity contribution < 1.29 is 20.1 Å². The molecule has 3 N–H and O–H groups in total. The second-order valence-electron chi connectivity index (χ2n) is 12.2. The van der Waals surface area contributed by atoms with Crippen LogP contribution in [0.5, 0.6) is 0 Å². The van der Waals surface area contributed by atoms with Gasteiger partial charge in [-0.1, -0.05) is 41.0 Å². The van der Waals surface area contributed by atoms with Gasteiger partial charge in [-0.15, -0.1) is 0 Å². The zero-order valence-electron chi connectivity index (χ0n) is 20.6. The van der Waals surface area contributed by atoms with E-state index in [1.165, 1.54) is 25.7 Å². The Hall–Kier alpha value is -0.610. The SMILES string of the molecule is CC[C@H](C)[C@@H](O)[C@@H]1[C@@H](C2(C)CCC(O)CC2)CC[C@]2(C)[C@@H](C(C)CCC(=O)O)CC[C@@H]12. The number of carbonyl (C=O) groups is 1. The first-order valence-corrected chi connectivity index (χ1v) is 13.1. The van der Waals surface area contributed by atoms with Gasteiger partial charge in [-0.2, -0.15) is 0 Å². The highest BCUT2D eigenvalue weighted by atomic mass is 16.4. The number of hydrogen-bond acceptors (Lipinski definition) is 3. The predicted octanol–water partition coefficient (Wildman–Crippen LogP) is 5.89. The zero-order valence-corrected chi connectivity index (χ0v) is 20.6. The van der Waals surface area contributed by atoms with E-state index >= 15 is 0 Å². The molecule has 3 rings (SSSR count). The van der Waals surface area contributed by atoms with E-state index < -0.39 is 5.97 Å². The maximum atomic E-state index is 11.6. The second kappa shape index (κ2) is 9.71. The number of aliphatic hydroxyl groups excluding tert-OH is 2. The Balaban J connectivity index is 1.87. The summed E-state index contributed by atoms with van der Waals surface area (Å²) >= 11 is 0. The monoisotopic (exact) mass is 436 g/mol. The van der Waals surface area contributed by atoms with E-state index in [0.717, 1.165) is 38.5 Å². The normalized spacial score (nSPS) is 43.8. The van der Waals surface area contributed by atoms with E-state index in [2.05, 4.69) is 34.6 Å². The van der Waals surface area contributed by atoms with Crippen LogP contribution in [-0.4, -0.2) is 33.5 Å². The lowest BCUT2D eigenvalue weighted by molar-refractivity contribution is -0.138. The molecule has 4 heteroatoms. The number of carboxylic acid groups (broad SMARTS) is 1. The van der Waals surface area contributed by atoms with Crippen LogP contribution in [0, 0.1) is 46.3 Å². The molecule has 180 valence electrons. The fourth-order valence-corrected chi connectivity index (χ4v) is 8.27. The minimum absolute atomic E-state index is 0.147. The van der Waals surface area contributed by atoms with Crippen molar-refractivity contribution in [2.24, 2.45) is 46.3 Å². The van der Waals surface area contributed by atoms with Gasteiger partial charge in [0.15, 0.2) is 0 Å². The molecule has 3 aliphatic rings. The first-order chi connectivity index (χ1) is 14.5. The second-order valence-corrected chi connectivity index (χ2v) is 12.2. The summed E-state index contributed by atoms with van der Waals surface area (Å²) in [5.41, 5.74) is 0.421. The van der Waals surface area contributed by atoms with Gasteiger partial charge in [0.05, 0.1) is 12.2 Å². The van der Waals surface area contributed by atoms with Crippen molar-refractivity contribution >= 4 is 5.97 Å². The van der Waals surface area contributed by atoms with Crippen molar-refractivity contribution in [2.45, 2.75) is 117 Å². The molecule has 4 nitrogen and oxygen atoms in total. The summed E-state index contributed by atoms with van der Waals surface area (Å²) in [6.45, 7) is 11.6. The highest BCUT2D eigenvalue weighted by Gasteiger charge is 2.59. The fourth-order valence-electron chi connectivity index (χ4n) is 8.27. The highest BCUT2D eigenvalue weighted by Crippen LogP contribution is 2.65. The first kappa shape index (κ1) is 25.0. The van der Waals surface area contributed by atoms with Gasteiger partial charge in [0.1, 0.15) is 0 Å². The van der Waals surface area contributed by atoms with E-state index in [-0.39, 0.29) is 29.5 Å². The molecule has 0 radical (unpaired) electrons. The van der Waals surface area contributed by atoms with Gasteiger partial charge in [-0.05, 0) is 104 Å². The van der Waals surface area contributed by atoms with Crippen LogP contribution in [0.2, 0.25) is 0 Å². The molecule has 0 amide bonds. The number of fused-ring (bicyclic) bond motifs is 1. The van der Waals surface area contributed by atoms with Crippen LogP contribution >= 0.6 is 0 Å². The zero-order chi connectivity index (χ0) is 23.0. The van der Waals surface area contributed by atoms with E-state index in [9.17, 15) is 20.1 Å². The minimum atomic E-state index is -0.687. The maximum absolute atomic E-state index is 11.6. The Morgan fingerprint density at radius 2 is 1.65 bits per heavy atom. The van der Waals surface area contributed by atoms with Crippen molar-refractivity contribution in [2.75, 3.05) is 0 Å². The standard InChI is InChI=1S/C27H48O4/c1-6-17(2)25(31)24-21(26(4)14-11-19(28)12-15-26)13-16-27(5)20(8-9-22(24)27)18(3)7-10-23(29)30/h17-22,24-25,28,31H,6-16H2,1-5H3,(H,29,30)/t17-,18?,19?,20+,21-,22-,24+,25+,26?,27+/m0/s1. The van der Waals surface area contributed by atoms with Crippen molar-refractivity contribution in [3.63, 3.8) is 0 Å². The average molecular weight is 437 g/mol. The number of rotatable bonds is 8. The summed E-state index contributed by atoms with van der Waals surface area (Å²) in [4.78, 5) is 11.2. The molecular weight excluding hydrogens is 388 g/mol. The Bertz CT molecular complexity index is 610. The first-order valence-electron chi connectivity index (χ1n) is 13.1. The molecule has 3 aliphatic carbocycles. The maximum Gasteiger partial charge on any atom is 0.303 e. The van der Waals surface area contributed by atoms with E-state index in [1.54, 1.807) is 0 Å². The van der Waals surface area contributed by atoms with Gasteiger partial charge < -0.3 is 15.3 Å². The molecule has 3 saturated carbocycles. The lowest BCUT2D eigenvalue weighted by atomic mass is 9.48. The van der Waals surface area contributed by atoms with Crippen molar-refractivity contribution in [3.05, 3.63) is 0 Å². The van der Waals surface area contributed by atoms with Crippen molar-refractivity contribution in [1.29, 1.82) is 0 Å². The Morgan fingerprint density at radius 3 is 2.23 bits per heavy atom. The van der Waals surface area contributed by atoms with Gasteiger partial charge in [0, 0.05) is 6.42 Å². The minimum Gasteiger partial charge on any atom is -0.481 e. The van der Waals surface area contributed by atoms with E-state index in [0.29, 0.717) is 35.5 Å². The third-order valence-corrected chi connectivity index (χ3v) is 10.5. The summed E-state index contributed by atoms with van der Waals surface area (Å²) < 4.78 is 0. The van der Waals surface area contributed by atoms with Gasteiger partial charge in [-0.25, -0.2) is 0 Å². The third-order valence-electron chi connectivity index (χ3n) is 10.5. The number of aliphatic carboxylic acids is 1. The van der Waals surface area contributed by atoms with Crippen molar-refractivity contribution in [3.8, 4) is 0 Å². The lowest BCUT2D eigenvalue weighted by Crippen LogP contribution is -2.53. The van der Waals surface area contributed by atoms with Crippen LogP contribution in [0.1, 0.15) is 105 Å². The molecule has 1 unspecified atom stereocenters. The quantitative estimate of drug-likeness (QED) is 0.443. The molecular formula is C27H48O4. The summed E-state index contributed by atoms with van der Waals surface area (Å²) in [6, 6.07) is 0. The summed E-state index contributed by atoms with van der Waals surface area (Å²) in [5, 5.41) is 31.0. The fraction of sp³-hybridized carbons (Fsp3) is 0.963. The Morgan fingerprint density at radius 1 is 1.00 bits per heavy atom. The molecule has 0 aromatic heterocycles. The predicted molar refractivity (Wildman–Crippen MR) is 125 cm³/mol. The van der Waals surface area contributed by atoms with E-state index in [4.69, 9.17) is 0 Å². The van der Waals surface area contributed by atoms with Crippen LogP contribution < -0.4 is 0 Å². The number of carboxylic acids is 1. The lowest BCUT2D eigenvalue weighted by Gasteiger charge is -2.57. The topological polar surface area (TPSA) is 77.8 Å². The molecule has 0 spiro atoms. The number of hydrogen-bond donors (Lipinski definition) is 3. The van der Waals surface area contributed by atoms with Gasteiger partial charge in [0.25, 0.3) is 0 Å². The molecule has 0 saturated heterocycles. The van der Waals surface area contributed by atoms with Gasteiger partial charge >= 0.3 is 5.97 Å². The van der Waals surface area contributed by atoms with Crippen LogP contribution in [0.15, 0.2) is 0 Å². The smallest absolute Gasteiger partial charge is 0.303 e. The van der Waals surface area contributed by atoms with E-state index in [1.807, 2.05) is 0 Å². The molecule has 31 heavy (non-hydrogen) atoms.